The molecule has 0 amide bonds. The van der Waals surface area contributed by atoms with Crippen LogP contribution in [-0.2, 0) is 5.54 Å². The van der Waals surface area contributed by atoms with Crippen LogP contribution in [0.1, 0.15) is 39.0 Å². The van der Waals surface area contributed by atoms with Gasteiger partial charge in [0.05, 0.1) is 5.02 Å². The van der Waals surface area contributed by atoms with E-state index in [1.54, 1.807) is 6.20 Å². The number of nitrogens with two attached hydrogens (primary N) is 1. The first-order chi connectivity index (χ1) is 8.60. The zero-order valence-corrected chi connectivity index (χ0v) is 11.2. The number of fused-ring (bicyclic) bond motifs is 1. The molecule has 4 nitrogen and oxygen atoms in total. The van der Waals surface area contributed by atoms with Gasteiger partial charge in [0.2, 0.25) is 5.95 Å². The molecule has 5 heteroatoms. The maximum Gasteiger partial charge on any atom is 0.202 e. The topological polar surface area (TPSA) is 56.7 Å². The number of rotatable bonds is 1. The van der Waals surface area contributed by atoms with Crippen LogP contribution in [0.15, 0.2) is 12.3 Å². The van der Waals surface area contributed by atoms with E-state index in [9.17, 15) is 0 Å². The molecule has 2 N–H and O–H groups in total. The lowest BCUT2D eigenvalue weighted by molar-refractivity contribution is 0.227. The fourth-order valence-corrected chi connectivity index (χ4v) is 3.18. The SMILES string of the molecule is CC1(n2c(N)nc3cc(Cl)cnc32)CCCCC1. The molecular formula is C13H17ClN4. The molecule has 0 atom stereocenters. The van der Waals surface area contributed by atoms with Gasteiger partial charge in [-0.1, -0.05) is 30.9 Å². The van der Waals surface area contributed by atoms with Crippen molar-refractivity contribution < 1.29 is 0 Å². The number of halogens is 1. The molecule has 2 heterocycles. The van der Waals surface area contributed by atoms with Crippen molar-refractivity contribution in [2.45, 2.75) is 44.6 Å². The zero-order valence-electron chi connectivity index (χ0n) is 10.5. The summed E-state index contributed by atoms with van der Waals surface area (Å²) in [6, 6.07) is 1.82. The van der Waals surface area contributed by atoms with Crippen molar-refractivity contribution in [3.8, 4) is 0 Å². The Morgan fingerprint density at radius 2 is 2.06 bits per heavy atom. The Hall–Kier alpha value is -1.29. The molecule has 1 fully saturated rings. The second-order valence-electron chi connectivity index (χ2n) is 5.36. The van der Waals surface area contributed by atoms with Crippen molar-refractivity contribution in [3.05, 3.63) is 17.3 Å². The number of hydrogen-bond acceptors (Lipinski definition) is 3. The number of anilines is 1. The maximum atomic E-state index is 6.09. The second-order valence-corrected chi connectivity index (χ2v) is 5.80. The van der Waals surface area contributed by atoms with Crippen LogP contribution in [-0.4, -0.2) is 14.5 Å². The average molecular weight is 265 g/mol. The summed E-state index contributed by atoms with van der Waals surface area (Å²) in [6.45, 7) is 2.25. The van der Waals surface area contributed by atoms with E-state index in [1.165, 1.54) is 19.3 Å². The molecule has 0 unspecified atom stereocenters. The molecule has 1 aliphatic rings. The summed E-state index contributed by atoms with van der Waals surface area (Å²) in [6.07, 6.45) is 7.71. The molecule has 18 heavy (non-hydrogen) atoms. The van der Waals surface area contributed by atoms with E-state index >= 15 is 0 Å². The van der Waals surface area contributed by atoms with Crippen LogP contribution in [0.25, 0.3) is 11.2 Å². The number of imidazole rings is 1. The summed E-state index contributed by atoms with van der Waals surface area (Å²) >= 11 is 5.95. The maximum absolute atomic E-state index is 6.09. The van der Waals surface area contributed by atoms with Crippen LogP contribution >= 0.6 is 11.6 Å². The predicted octanol–water partition coefficient (Wildman–Crippen LogP) is 3.35. The van der Waals surface area contributed by atoms with Gasteiger partial charge in [-0.25, -0.2) is 9.97 Å². The molecule has 3 rings (SSSR count). The minimum atomic E-state index is 0.0396. The third-order valence-corrected chi connectivity index (χ3v) is 4.17. The van der Waals surface area contributed by atoms with Crippen molar-refractivity contribution in [2.75, 3.05) is 5.73 Å². The Balaban J connectivity index is 2.18. The van der Waals surface area contributed by atoms with Crippen LogP contribution < -0.4 is 5.73 Å². The number of nitrogen functional groups attached to an aromatic ring is 1. The van der Waals surface area contributed by atoms with Gasteiger partial charge in [-0.05, 0) is 25.8 Å². The van der Waals surface area contributed by atoms with Gasteiger partial charge in [0.1, 0.15) is 5.52 Å². The lowest BCUT2D eigenvalue weighted by Crippen LogP contribution is -2.33. The van der Waals surface area contributed by atoms with Crippen molar-refractivity contribution in [3.63, 3.8) is 0 Å². The van der Waals surface area contributed by atoms with Gasteiger partial charge in [0.25, 0.3) is 0 Å². The Labute approximate surface area is 111 Å². The predicted molar refractivity (Wildman–Crippen MR) is 73.7 cm³/mol. The molecule has 0 aliphatic heterocycles. The third kappa shape index (κ3) is 1.75. The minimum Gasteiger partial charge on any atom is -0.369 e. The van der Waals surface area contributed by atoms with Gasteiger partial charge in [-0.2, -0.15) is 0 Å². The molecule has 0 saturated heterocycles. The normalized spacial score (nSPS) is 19.2. The molecule has 2 aromatic heterocycles. The Kier molecular flexibility index (Phi) is 2.70. The molecule has 0 bridgehead atoms. The fourth-order valence-electron chi connectivity index (χ4n) is 3.03. The molecule has 0 spiro atoms. The highest BCUT2D eigenvalue weighted by molar-refractivity contribution is 6.31. The minimum absolute atomic E-state index is 0.0396. The molecule has 1 aliphatic carbocycles. The Morgan fingerprint density at radius 1 is 1.33 bits per heavy atom. The summed E-state index contributed by atoms with van der Waals surface area (Å²) in [4.78, 5) is 8.80. The number of pyridine rings is 1. The lowest BCUT2D eigenvalue weighted by atomic mass is 9.83. The van der Waals surface area contributed by atoms with E-state index in [2.05, 4.69) is 21.5 Å². The summed E-state index contributed by atoms with van der Waals surface area (Å²) < 4.78 is 2.10. The zero-order chi connectivity index (χ0) is 12.8. The van der Waals surface area contributed by atoms with Crippen LogP contribution in [0, 0.1) is 0 Å². The molecule has 1 saturated carbocycles. The van der Waals surface area contributed by atoms with Gasteiger partial charge in [0.15, 0.2) is 5.65 Å². The van der Waals surface area contributed by atoms with Gasteiger partial charge < -0.3 is 5.73 Å². The summed E-state index contributed by atoms with van der Waals surface area (Å²) in [7, 11) is 0. The average Bonchev–Trinajstić information content (AvgIpc) is 2.65. The van der Waals surface area contributed by atoms with Crippen molar-refractivity contribution in [1.29, 1.82) is 0 Å². The quantitative estimate of drug-likeness (QED) is 0.859. The monoisotopic (exact) mass is 264 g/mol. The molecule has 96 valence electrons. The van der Waals surface area contributed by atoms with E-state index in [0.717, 1.165) is 24.0 Å². The summed E-state index contributed by atoms with van der Waals surface area (Å²) in [5.74, 6) is 0.546. The summed E-state index contributed by atoms with van der Waals surface area (Å²) in [5.41, 5.74) is 7.76. The Morgan fingerprint density at radius 3 is 2.78 bits per heavy atom. The highest BCUT2D eigenvalue weighted by Crippen LogP contribution is 2.38. The van der Waals surface area contributed by atoms with Gasteiger partial charge in [-0.15, -0.1) is 0 Å². The largest absolute Gasteiger partial charge is 0.369 e. The van der Waals surface area contributed by atoms with Crippen LogP contribution in [0.2, 0.25) is 5.02 Å². The molecule has 0 aromatic carbocycles. The van der Waals surface area contributed by atoms with Gasteiger partial charge >= 0.3 is 0 Å². The van der Waals surface area contributed by atoms with E-state index in [0.29, 0.717) is 11.0 Å². The highest BCUT2D eigenvalue weighted by atomic mass is 35.5. The van der Waals surface area contributed by atoms with Crippen molar-refractivity contribution in [1.82, 2.24) is 14.5 Å². The van der Waals surface area contributed by atoms with Crippen LogP contribution in [0.5, 0.6) is 0 Å². The number of aromatic nitrogens is 3. The van der Waals surface area contributed by atoms with Gasteiger partial charge in [0, 0.05) is 11.7 Å². The van der Waals surface area contributed by atoms with E-state index in [4.69, 9.17) is 17.3 Å². The smallest absolute Gasteiger partial charge is 0.202 e. The first kappa shape index (κ1) is 11.8. The lowest BCUT2D eigenvalue weighted by Gasteiger charge is -2.35. The third-order valence-electron chi connectivity index (χ3n) is 3.96. The molecule has 0 radical (unpaired) electrons. The second kappa shape index (κ2) is 4.12. The van der Waals surface area contributed by atoms with E-state index in [1.807, 2.05) is 6.07 Å². The molecule has 2 aromatic rings. The Bertz CT molecular complexity index is 584. The number of nitrogens with zero attached hydrogens (tertiary/aromatic N) is 3. The van der Waals surface area contributed by atoms with E-state index in [-0.39, 0.29) is 5.54 Å². The highest BCUT2D eigenvalue weighted by Gasteiger charge is 2.32. The van der Waals surface area contributed by atoms with Gasteiger partial charge in [-0.3, -0.25) is 4.57 Å². The standard InChI is InChI=1S/C13H17ClN4/c1-13(5-3-2-4-6-13)18-11-10(17-12(18)15)7-9(14)8-16-11/h7-8H,2-6H2,1H3,(H2,15,17). The van der Waals surface area contributed by atoms with Crippen LogP contribution in [0.4, 0.5) is 5.95 Å². The molecular weight excluding hydrogens is 248 g/mol. The first-order valence-electron chi connectivity index (χ1n) is 6.40. The first-order valence-corrected chi connectivity index (χ1v) is 6.78. The fraction of sp³-hybridized carbons (Fsp3) is 0.538. The number of hydrogen-bond donors (Lipinski definition) is 1. The summed E-state index contributed by atoms with van der Waals surface area (Å²) in [5, 5.41) is 0.598. The van der Waals surface area contributed by atoms with E-state index < -0.39 is 0 Å². The van der Waals surface area contributed by atoms with Crippen molar-refractivity contribution in [2.24, 2.45) is 0 Å². The van der Waals surface area contributed by atoms with Crippen LogP contribution in [0.3, 0.4) is 0 Å². The van der Waals surface area contributed by atoms with Crippen molar-refractivity contribution >= 4 is 28.7 Å².